The van der Waals surface area contributed by atoms with Crippen molar-refractivity contribution in [2.24, 2.45) is 17.6 Å². The van der Waals surface area contributed by atoms with Gasteiger partial charge < -0.3 is 20.7 Å². The molecule has 2 fully saturated rings. The van der Waals surface area contributed by atoms with Gasteiger partial charge in [-0.3, -0.25) is 9.59 Å². The molecule has 3 N–H and O–H groups in total. The Morgan fingerprint density at radius 3 is 2.64 bits per heavy atom. The van der Waals surface area contributed by atoms with Gasteiger partial charge in [0.15, 0.2) is 0 Å². The minimum atomic E-state index is -0.0593. The van der Waals surface area contributed by atoms with E-state index < -0.39 is 0 Å². The molecule has 25 heavy (non-hydrogen) atoms. The number of carbonyl (C=O) groups excluding carboxylic acids is 2. The van der Waals surface area contributed by atoms with Crippen LogP contribution in [0.1, 0.15) is 29.6 Å². The molecule has 0 bridgehead atoms. The number of anilines is 1. The Hall–Kier alpha value is -1.63. The predicted octanol–water partition coefficient (Wildman–Crippen LogP) is 1.89. The van der Waals surface area contributed by atoms with Crippen LogP contribution in [0.4, 0.5) is 5.69 Å². The van der Waals surface area contributed by atoms with E-state index in [0.717, 1.165) is 19.3 Å². The number of ether oxygens (including phenoxy) is 1. The lowest BCUT2D eigenvalue weighted by atomic mass is 9.95. The standard InChI is InChI=1S/C18H25N3O3.ClH/c19-12-13-4-3-6-14(13)17(22)20-16-7-2-1-5-15(16)18(23)21-8-10-24-11-9-21;/h1-2,5,7,13-14H,3-4,6,8-12,19H2,(H,20,22);1H/t13-,14-;/m1./s1. The molecular weight excluding hydrogens is 342 g/mol. The monoisotopic (exact) mass is 367 g/mol. The molecule has 1 aromatic carbocycles. The molecule has 1 heterocycles. The number of hydrogen-bond acceptors (Lipinski definition) is 4. The van der Waals surface area contributed by atoms with E-state index >= 15 is 0 Å². The fourth-order valence-electron chi connectivity index (χ4n) is 3.60. The second-order valence-electron chi connectivity index (χ2n) is 6.47. The van der Waals surface area contributed by atoms with Gasteiger partial charge in [-0.1, -0.05) is 18.6 Å². The van der Waals surface area contributed by atoms with E-state index in [9.17, 15) is 9.59 Å². The van der Waals surface area contributed by atoms with E-state index in [-0.39, 0.29) is 36.1 Å². The van der Waals surface area contributed by atoms with Gasteiger partial charge in [-0.2, -0.15) is 0 Å². The Kier molecular flexibility index (Phi) is 7.23. The summed E-state index contributed by atoms with van der Waals surface area (Å²) < 4.78 is 5.30. The lowest BCUT2D eigenvalue weighted by molar-refractivity contribution is -0.120. The van der Waals surface area contributed by atoms with Crippen LogP contribution >= 0.6 is 12.4 Å². The molecule has 0 spiro atoms. The summed E-state index contributed by atoms with van der Waals surface area (Å²) in [5, 5.41) is 2.96. The second-order valence-corrected chi connectivity index (χ2v) is 6.47. The number of benzene rings is 1. The van der Waals surface area contributed by atoms with E-state index in [1.807, 2.05) is 12.1 Å². The summed E-state index contributed by atoms with van der Waals surface area (Å²) in [6.07, 6.45) is 2.91. The van der Waals surface area contributed by atoms with Crippen LogP contribution in [0.5, 0.6) is 0 Å². The summed E-state index contributed by atoms with van der Waals surface area (Å²) in [5.74, 6) is 0.106. The Bertz CT molecular complexity index is 605. The number of amides is 2. The number of nitrogens with two attached hydrogens (primary N) is 1. The molecule has 2 atom stereocenters. The molecule has 1 aromatic rings. The number of morpholine rings is 1. The molecule has 0 aromatic heterocycles. The van der Waals surface area contributed by atoms with Gasteiger partial charge in [-0.15, -0.1) is 12.4 Å². The first-order valence-electron chi connectivity index (χ1n) is 8.67. The molecule has 138 valence electrons. The summed E-state index contributed by atoms with van der Waals surface area (Å²) in [5.41, 5.74) is 6.90. The number of nitrogens with one attached hydrogen (secondary N) is 1. The van der Waals surface area contributed by atoms with Gasteiger partial charge in [0, 0.05) is 19.0 Å². The largest absolute Gasteiger partial charge is 0.378 e. The van der Waals surface area contributed by atoms with Gasteiger partial charge in [0.05, 0.1) is 24.5 Å². The quantitative estimate of drug-likeness (QED) is 0.851. The number of nitrogens with zero attached hydrogens (tertiary/aromatic N) is 1. The lowest BCUT2D eigenvalue weighted by Crippen LogP contribution is -2.41. The summed E-state index contributed by atoms with van der Waals surface area (Å²) in [7, 11) is 0. The maximum Gasteiger partial charge on any atom is 0.256 e. The Balaban J connectivity index is 0.00000225. The molecule has 1 aliphatic carbocycles. The fourth-order valence-corrected chi connectivity index (χ4v) is 3.60. The van der Waals surface area contributed by atoms with Crippen molar-refractivity contribution in [2.75, 3.05) is 38.2 Å². The summed E-state index contributed by atoms with van der Waals surface area (Å²) in [6, 6.07) is 7.21. The molecule has 2 amide bonds. The third-order valence-electron chi connectivity index (χ3n) is 5.01. The average molecular weight is 368 g/mol. The van der Waals surface area contributed by atoms with Gasteiger partial charge >= 0.3 is 0 Å². The van der Waals surface area contributed by atoms with Crippen LogP contribution in [0.25, 0.3) is 0 Å². The number of hydrogen-bond donors (Lipinski definition) is 2. The molecule has 1 saturated heterocycles. The van der Waals surface area contributed by atoms with E-state index in [0.29, 0.717) is 44.1 Å². The summed E-state index contributed by atoms with van der Waals surface area (Å²) in [4.78, 5) is 27.1. The van der Waals surface area contributed by atoms with Crippen molar-refractivity contribution in [3.05, 3.63) is 29.8 Å². The number of rotatable bonds is 4. The van der Waals surface area contributed by atoms with Crippen molar-refractivity contribution in [1.82, 2.24) is 4.90 Å². The minimum absolute atomic E-state index is 0. The highest BCUT2D eigenvalue weighted by Gasteiger charge is 2.32. The third kappa shape index (κ3) is 4.51. The summed E-state index contributed by atoms with van der Waals surface area (Å²) in [6.45, 7) is 2.81. The van der Waals surface area contributed by atoms with Crippen molar-refractivity contribution < 1.29 is 14.3 Å². The highest BCUT2D eigenvalue weighted by Crippen LogP contribution is 2.32. The molecule has 2 aliphatic rings. The summed E-state index contributed by atoms with van der Waals surface area (Å²) >= 11 is 0. The van der Waals surface area contributed by atoms with Crippen LogP contribution in [-0.4, -0.2) is 49.6 Å². The highest BCUT2D eigenvalue weighted by atomic mass is 35.5. The van der Waals surface area contributed by atoms with Crippen molar-refractivity contribution >= 4 is 29.9 Å². The van der Waals surface area contributed by atoms with E-state index in [4.69, 9.17) is 10.5 Å². The SMILES string of the molecule is Cl.NC[C@H]1CCC[C@H]1C(=O)Nc1ccccc1C(=O)N1CCOCC1. The molecule has 3 rings (SSSR count). The Morgan fingerprint density at radius 2 is 1.92 bits per heavy atom. The van der Waals surface area contributed by atoms with Crippen molar-refractivity contribution in [1.29, 1.82) is 0 Å². The zero-order chi connectivity index (χ0) is 16.9. The maximum atomic E-state index is 12.7. The van der Waals surface area contributed by atoms with Crippen LogP contribution in [0.15, 0.2) is 24.3 Å². The van der Waals surface area contributed by atoms with Gasteiger partial charge in [0.25, 0.3) is 5.91 Å². The third-order valence-corrected chi connectivity index (χ3v) is 5.01. The van der Waals surface area contributed by atoms with E-state index in [2.05, 4.69) is 5.32 Å². The smallest absolute Gasteiger partial charge is 0.256 e. The highest BCUT2D eigenvalue weighted by molar-refractivity contribution is 6.04. The topological polar surface area (TPSA) is 84.7 Å². The van der Waals surface area contributed by atoms with Crippen LogP contribution < -0.4 is 11.1 Å². The first-order chi connectivity index (χ1) is 11.7. The first kappa shape index (κ1) is 19.7. The van der Waals surface area contributed by atoms with Gasteiger partial charge in [-0.05, 0) is 37.4 Å². The molecule has 1 saturated carbocycles. The van der Waals surface area contributed by atoms with Gasteiger partial charge in [0.1, 0.15) is 0 Å². The van der Waals surface area contributed by atoms with Crippen LogP contribution in [0.3, 0.4) is 0 Å². The van der Waals surface area contributed by atoms with Crippen LogP contribution in [0, 0.1) is 11.8 Å². The number of para-hydroxylation sites is 1. The fraction of sp³-hybridized carbons (Fsp3) is 0.556. The van der Waals surface area contributed by atoms with Crippen molar-refractivity contribution in [2.45, 2.75) is 19.3 Å². The van der Waals surface area contributed by atoms with Gasteiger partial charge in [0.2, 0.25) is 5.91 Å². The molecule has 7 heteroatoms. The first-order valence-corrected chi connectivity index (χ1v) is 8.67. The Morgan fingerprint density at radius 1 is 1.20 bits per heavy atom. The lowest BCUT2D eigenvalue weighted by Gasteiger charge is -2.27. The average Bonchev–Trinajstić information content (AvgIpc) is 3.11. The second kappa shape index (κ2) is 9.17. The molecular formula is C18H26ClN3O3. The predicted molar refractivity (Wildman–Crippen MR) is 98.9 cm³/mol. The molecule has 6 nitrogen and oxygen atoms in total. The molecule has 0 radical (unpaired) electrons. The molecule has 0 unspecified atom stereocenters. The molecule has 1 aliphatic heterocycles. The zero-order valence-corrected chi connectivity index (χ0v) is 15.1. The van der Waals surface area contributed by atoms with Crippen molar-refractivity contribution in [3.63, 3.8) is 0 Å². The van der Waals surface area contributed by atoms with Gasteiger partial charge in [-0.25, -0.2) is 0 Å². The minimum Gasteiger partial charge on any atom is -0.378 e. The number of carbonyl (C=O) groups is 2. The zero-order valence-electron chi connectivity index (χ0n) is 14.3. The van der Waals surface area contributed by atoms with Crippen LogP contribution in [0.2, 0.25) is 0 Å². The van der Waals surface area contributed by atoms with E-state index in [1.54, 1.807) is 17.0 Å². The maximum absolute atomic E-state index is 12.7. The van der Waals surface area contributed by atoms with Crippen LogP contribution in [-0.2, 0) is 9.53 Å². The number of halogens is 1. The normalized spacial score (nSPS) is 23.0. The van der Waals surface area contributed by atoms with E-state index in [1.165, 1.54) is 0 Å². The van der Waals surface area contributed by atoms with Crippen molar-refractivity contribution in [3.8, 4) is 0 Å². The Labute approximate surface area is 154 Å².